The second-order valence-electron chi connectivity index (χ2n) is 5.37. The monoisotopic (exact) mass is 322 g/mol. The molecule has 0 aliphatic heterocycles. The molecule has 0 aromatic heterocycles. The van der Waals surface area contributed by atoms with Crippen molar-refractivity contribution in [1.82, 2.24) is 0 Å². The normalized spacial score (nSPS) is 9.88. The first-order chi connectivity index (χ1) is 11.8. The summed E-state index contributed by atoms with van der Waals surface area (Å²) in [4.78, 5) is 11.1. The molecule has 0 bridgehead atoms. The van der Waals surface area contributed by atoms with Crippen LogP contribution in [0.4, 0.5) is 0 Å². The molecule has 0 fully saturated rings. The number of carbonyl (C=O) groups is 1. The Kier molecular flexibility index (Phi) is 7.59. The summed E-state index contributed by atoms with van der Waals surface area (Å²) in [5, 5.41) is 0. The molecule has 0 atom stereocenters. The predicted octanol–water partition coefficient (Wildman–Crippen LogP) is 4.25. The minimum absolute atomic E-state index is 0.563. The quantitative estimate of drug-likeness (QED) is 0.414. The highest BCUT2D eigenvalue weighted by atomic mass is 16.5. The summed E-state index contributed by atoms with van der Waals surface area (Å²) in [7, 11) is 1.58. The maximum Gasteiger partial charge on any atom is 0.151 e. The number of aldehydes is 1. The molecule has 3 heteroatoms. The molecule has 0 spiro atoms. The lowest BCUT2D eigenvalue weighted by Crippen LogP contribution is -1.95. The standard InChI is InChI=1S/C21H22O3/c1-23-21-13-12-19(20(15-21)16-22)11-7-2-3-8-14-24-17-18-9-5-4-6-10-18/h4-6,9-10,12-13,15-16H,2-3,8,14,17H2,1H3. The van der Waals surface area contributed by atoms with Gasteiger partial charge in [-0.05, 0) is 36.6 Å². The van der Waals surface area contributed by atoms with Gasteiger partial charge in [-0.3, -0.25) is 4.79 Å². The molecule has 3 nitrogen and oxygen atoms in total. The average Bonchev–Trinajstić information content (AvgIpc) is 2.64. The van der Waals surface area contributed by atoms with E-state index in [-0.39, 0.29) is 0 Å². The summed E-state index contributed by atoms with van der Waals surface area (Å²) in [6, 6.07) is 15.5. The number of hydrogen-bond donors (Lipinski definition) is 0. The number of unbranched alkanes of at least 4 members (excludes halogenated alkanes) is 2. The first kappa shape index (κ1) is 17.8. The molecule has 2 aromatic carbocycles. The Hall–Kier alpha value is -2.57. The lowest BCUT2D eigenvalue weighted by atomic mass is 10.1. The molecule has 0 radical (unpaired) electrons. The van der Waals surface area contributed by atoms with Crippen LogP contribution in [0.2, 0.25) is 0 Å². The highest BCUT2D eigenvalue weighted by Gasteiger charge is 2.00. The Bertz CT molecular complexity index is 696. The molecule has 0 heterocycles. The maximum absolute atomic E-state index is 11.1. The Balaban J connectivity index is 1.68. The van der Waals surface area contributed by atoms with Crippen LogP contribution in [0.25, 0.3) is 0 Å². The van der Waals surface area contributed by atoms with Gasteiger partial charge in [-0.2, -0.15) is 0 Å². The summed E-state index contributed by atoms with van der Waals surface area (Å²) in [5.74, 6) is 6.84. The molecule has 0 aliphatic rings. The fourth-order valence-corrected chi connectivity index (χ4v) is 2.22. The third-order valence-electron chi connectivity index (χ3n) is 3.56. The van der Waals surface area contributed by atoms with Crippen LogP contribution in [-0.2, 0) is 11.3 Å². The van der Waals surface area contributed by atoms with E-state index in [0.29, 0.717) is 17.9 Å². The summed E-state index contributed by atoms with van der Waals surface area (Å²) in [6.07, 6.45) is 3.56. The highest BCUT2D eigenvalue weighted by Crippen LogP contribution is 2.15. The van der Waals surface area contributed by atoms with E-state index in [2.05, 4.69) is 24.0 Å². The molecule has 2 aromatic rings. The Morgan fingerprint density at radius 3 is 2.67 bits per heavy atom. The van der Waals surface area contributed by atoms with Crippen LogP contribution in [-0.4, -0.2) is 20.0 Å². The van der Waals surface area contributed by atoms with Gasteiger partial charge in [-0.25, -0.2) is 0 Å². The molecular weight excluding hydrogens is 300 g/mol. The molecular formula is C21H22O3. The van der Waals surface area contributed by atoms with Crippen molar-refractivity contribution in [3.63, 3.8) is 0 Å². The van der Waals surface area contributed by atoms with Crippen molar-refractivity contribution in [2.24, 2.45) is 0 Å². The van der Waals surface area contributed by atoms with Crippen LogP contribution in [0.15, 0.2) is 48.5 Å². The lowest BCUT2D eigenvalue weighted by Gasteiger charge is -2.03. The van der Waals surface area contributed by atoms with Crippen molar-refractivity contribution < 1.29 is 14.3 Å². The molecule has 24 heavy (non-hydrogen) atoms. The SMILES string of the molecule is COc1ccc(C#CCCCCOCc2ccccc2)c(C=O)c1. The van der Waals surface area contributed by atoms with Gasteiger partial charge in [-0.1, -0.05) is 42.2 Å². The average molecular weight is 322 g/mol. The van der Waals surface area contributed by atoms with Gasteiger partial charge in [0.1, 0.15) is 5.75 Å². The minimum atomic E-state index is 0.563. The smallest absolute Gasteiger partial charge is 0.151 e. The first-order valence-corrected chi connectivity index (χ1v) is 8.07. The molecule has 0 unspecified atom stereocenters. The lowest BCUT2D eigenvalue weighted by molar-refractivity contribution is 0.112. The molecule has 0 aliphatic carbocycles. The zero-order chi connectivity index (χ0) is 17.0. The number of methoxy groups -OCH3 is 1. The zero-order valence-corrected chi connectivity index (χ0v) is 14.0. The van der Waals surface area contributed by atoms with E-state index in [0.717, 1.165) is 37.7 Å². The Morgan fingerprint density at radius 2 is 1.92 bits per heavy atom. The van der Waals surface area contributed by atoms with E-state index in [1.807, 2.05) is 30.3 Å². The number of rotatable bonds is 8. The van der Waals surface area contributed by atoms with Gasteiger partial charge in [-0.15, -0.1) is 0 Å². The van der Waals surface area contributed by atoms with Crippen molar-refractivity contribution >= 4 is 6.29 Å². The van der Waals surface area contributed by atoms with Crippen molar-refractivity contribution in [2.75, 3.05) is 13.7 Å². The van der Waals surface area contributed by atoms with Gasteiger partial charge in [0, 0.05) is 24.2 Å². The van der Waals surface area contributed by atoms with Crippen molar-refractivity contribution in [3.8, 4) is 17.6 Å². The van der Waals surface area contributed by atoms with Crippen LogP contribution < -0.4 is 4.74 Å². The number of ether oxygens (including phenoxy) is 2. The molecule has 124 valence electrons. The second kappa shape index (κ2) is 10.3. The van der Waals surface area contributed by atoms with E-state index in [4.69, 9.17) is 9.47 Å². The summed E-state index contributed by atoms with van der Waals surface area (Å²) in [6.45, 7) is 1.39. The van der Waals surface area contributed by atoms with E-state index in [1.54, 1.807) is 13.2 Å². The molecule has 0 N–H and O–H groups in total. The van der Waals surface area contributed by atoms with Gasteiger partial charge in [0.25, 0.3) is 0 Å². The number of carbonyl (C=O) groups excluding carboxylic acids is 1. The Morgan fingerprint density at radius 1 is 1.08 bits per heavy atom. The number of benzene rings is 2. The van der Waals surface area contributed by atoms with Crippen molar-refractivity contribution in [2.45, 2.75) is 25.9 Å². The topological polar surface area (TPSA) is 35.5 Å². The van der Waals surface area contributed by atoms with Crippen LogP contribution in [0, 0.1) is 11.8 Å². The second-order valence-corrected chi connectivity index (χ2v) is 5.37. The van der Waals surface area contributed by atoms with Gasteiger partial charge >= 0.3 is 0 Å². The first-order valence-electron chi connectivity index (χ1n) is 8.07. The maximum atomic E-state index is 11.1. The zero-order valence-electron chi connectivity index (χ0n) is 14.0. The van der Waals surface area contributed by atoms with E-state index in [9.17, 15) is 4.79 Å². The van der Waals surface area contributed by atoms with E-state index in [1.165, 1.54) is 5.56 Å². The van der Waals surface area contributed by atoms with Crippen LogP contribution in [0.3, 0.4) is 0 Å². The molecule has 0 saturated carbocycles. The van der Waals surface area contributed by atoms with Crippen molar-refractivity contribution in [3.05, 3.63) is 65.2 Å². The summed E-state index contributed by atoms with van der Waals surface area (Å²) < 4.78 is 10.7. The van der Waals surface area contributed by atoms with E-state index >= 15 is 0 Å². The highest BCUT2D eigenvalue weighted by molar-refractivity contribution is 5.80. The van der Waals surface area contributed by atoms with E-state index < -0.39 is 0 Å². The minimum Gasteiger partial charge on any atom is -0.497 e. The fourth-order valence-electron chi connectivity index (χ4n) is 2.22. The van der Waals surface area contributed by atoms with Crippen molar-refractivity contribution in [1.29, 1.82) is 0 Å². The molecule has 0 saturated heterocycles. The van der Waals surface area contributed by atoms with Gasteiger partial charge in [0.2, 0.25) is 0 Å². The van der Waals surface area contributed by atoms with Gasteiger partial charge in [0.15, 0.2) is 6.29 Å². The van der Waals surface area contributed by atoms with Gasteiger partial charge in [0.05, 0.1) is 13.7 Å². The van der Waals surface area contributed by atoms with Crippen LogP contribution >= 0.6 is 0 Å². The Labute approximate surface area is 143 Å². The summed E-state index contributed by atoms with van der Waals surface area (Å²) >= 11 is 0. The number of hydrogen-bond acceptors (Lipinski definition) is 3. The summed E-state index contributed by atoms with van der Waals surface area (Å²) in [5.41, 5.74) is 2.50. The largest absolute Gasteiger partial charge is 0.497 e. The molecule has 0 amide bonds. The van der Waals surface area contributed by atoms with Crippen LogP contribution in [0.1, 0.15) is 40.7 Å². The third-order valence-corrected chi connectivity index (χ3v) is 3.56. The predicted molar refractivity (Wildman–Crippen MR) is 95.2 cm³/mol. The van der Waals surface area contributed by atoms with Crippen LogP contribution in [0.5, 0.6) is 5.75 Å². The third kappa shape index (κ3) is 5.91. The fraction of sp³-hybridized carbons (Fsp3) is 0.286. The molecule has 2 rings (SSSR count). The van der Waals surface area contributed by atoms with Gasteiger partial charge < -0.3 is 9.47 Å².